The van der Waals surface area contributed by atoms with Crippen molar-refractivity contribution in [3.05, 3.63) is 59.7 Å². The fourth-order valence-electron chi connectivity index (χ4n) is 5.04. The number of carbonyl (C=O) groups is 3. The molecule has 33 heavy (non-hydrogen) atoms. The van der Waals surface area contributed by atoms with Crippen LogP contribution in [0.25, 0.3) is 11.1 Å². The van der Waals surface area contributed by atoms with Gasteiger partial charge in [0, 0.05) is 18.4 Å². The molecule has 0 aromatic heterocycles. The van der Waals surface area contributed by atoms with Gasteiger partial charge in [-0.1, -0.05) is 61.4 Å². The van der Waals surface area contributed by atoms with E-state index in [9.17, 15) is 14.4 Å². The number of benzene rings is 2. The van der Waals surface area contributed by atoms with Gasteiger partial charge in [-0.15, -0.1) is 0 Å². The summed E-state index contributed by atoms with van der Waals surface area (Å²) < 4.78 is 5.59. The second-order valence-corrected chi connectivity index (χ2v) is 8.93. The van der Waals surface area contributed by atoms with Crippen molar-refractivity contribution < 1.29 is 24.2 Å². The summed E-state index contributed by atoms with van der Waals surface area (Å²) in [5.74, 6) is -1.68. The van der Waals surface area contributed by atoms with Crippen LogP contribution in [0.1, 0.15) is 49.7 Å². The first-order valence-corrected chi connectivity index (χ1v) is 11.6. The van der Waals surface area contributed by atoms with E-state index in [2.05, 4.69) is 34.9 Å². The summed E-state index contributed by atoms with van der Waals surface area (Å²) in [4.78, 5) is 36.1. The Labute approximate surface area is 193 Å². The third kappa shape index (κ3) is 5.02. The Morgan fingerprint density at radius 3 is 2.24 bits per heavy atom. The monoisotopic (exact) mass is 450 g/mol. The second-order valence-electron chi connectivity index (χ2n) is 8.93. The number of hydrogen-bond acceptors (Lipinski definition) is 4. The first-order chi connectivity index (χ1) is 16.0. The average molecular weight is 451 g/mol. The van der Waals surface area contributed by atoms with E-state index in [1.807, 2.05) is 24.3 Å². The normalized spacial score (nSPS) is 20.3. The topological polar surface area (TPSA) is 105 Å². The summed E-state index contributed by atoms with van der Waals surface area (Å²) in [5.41, 5.74) is 4.66. The third-order valence-corrected chi connectivity index (χ3v) is 6.83. The lowest BCUT2D eigenvalue weighted by Crippen LogP contribution is -2.46. The average Bonchev–Trinajstić information content (AvgIpc) is 3.15. The molecule has 3 atom stereocenters. The van der Waals surface area contributed by atoms with Crippen molar-refractivity contribution in [2.45, 2.75) is 44.6 Å². The molecule has 2 amide bonds. The lowest BCUT2D eigenvalue weighted by atomic mass is 9.78. The van der Waals surface area contributed by atoms with Crippen molar-refractivity contribution in [3.8, 4) is 11.1 Å². The zero-order valence-corrected chi connectivity index (χ0v) is 18.8. The molecule has 0 bridgehead atoms. The van der Waals surface area contributed by atoms with E-state index in [0.29, 0.717) is 13.0 Å². The molecule has 2 aromatic carbocycles. The predicted molar refractivity (Wildman–Crippen MR) is 124 cm³/mol. The number of aliphatic carboxylic acids is 1. The van der Waals surface area contributed by atoms with Gasteiger partial charge in [-0.2, -0.15) is 0 Å². The van der Waals surface area contributed by atoms with Crippen LogP contribution in [0.5, 0.6) is 0 Å². The van der Waals surface area contributed by atoms with Crippen molar-refractivity contribution in [2.75, 3.05) is 13.2 Å². The molecule has 3 N–H and O–H groups in total. The van der Waals surface area contributed by atoms with E-state index in [0.717, 1.165) is 30.4 Å². The minimum atomic E-state index is -1.06. The molecule has 7 heteroatoms. The number of rotatable bonds is 7. The van der Waals surface area contributed by atoms with Gasteiger partial charge in [0.15, 0.2) is 0 Å². The maximum absolute atomic E-state index is 12.6. The third-order valence-electron chi connectivity index (χ3n) is 6.83. The van der Waals surface area contributed by atoms with E-state index < -0.39 is 18.1 Å². The molecule has 2 aliphatic carbocycles. The lowest BCUT2D eigenvalue weighted by Gasteiger charge is -2.31. The van der Waals surface area contributed by atoms with Gasteiger partial charge in [0.05, 0.1) is 0 Å². The van der Waals surface area contributed by atoms with Crippen LogP contribution in [-0.4, -0.2) is 42.3 Å². The minimum absolute atomic E-state index is 0.00568. The Kier molecular flexibility index (Phi) is 6.96. The fourth-order valence-corrected chi connectivity index (χ4v) is 5.04. The van der Waals surface area contributed by atoms with Gasteiger partial charge >= 0.3 is 12.1 Å². The number of carboxylic acid groups (broad SMARTS) is 1. The first kappa shape index (κ1) is 22.8. The van der Waals surface area contributed by atoms with Gasteiger partial charge < -0.3 is 20.5 Å². The maximum Gasteiger partial charge on any atom is 0.407 e. The molecule has 7 nitrogen and oxygen atoms in total. The molecule has 1 fully saturated rings. The Hall–Kier alpha value is -3.35. The minimum Gasteiger partial charge on any atom is -0.480 e. The highest BCUT2D eigenvalue weighted by Gasteiger charge is 2.33. The van der Waals surface area contributed by atoms with Gasteiger partial charge in [0.25, 0.3) is 0 Å². The van der Waals surface area contributed by atoms with Gasteiger partial charge in [-0.05, 0) is 47.9 Å². The Bertz CT molecular complexity index is 991. The zero-order chi connectivity index (χ0) is 23.4. The summed E-state index contributed by atoms with van der Waals surface area (Å²) in [6.45, 7) is 2.02. The molecular formula is C26H30N2O5. The quantitative estimate of drug-likeness (QED) is 0.593. The van der Waals surface area contributed by atoms with Crippen molar-refractivity contribution in [1.29, 1.82) is 0 Å². The molecule has 0 unspecified atom stereocenters. The van der Waals surface area contributed by atoms with Gasteiger partial charge in [-0.25, -0.2) is 4.79 Å². The largest absolute Gasteiger partial charge is 0.480 e. The number of amides is 2. The van der Waals surface area contributed by atoms with Crippen molar-refractivity contribution >= 4 is 18.0 Å². The number of carboxylic acids is 1. The van der Waals surface area contributed by atoms with Crippen LogP contribution in [0.4, 0.5) is 4.79 Å². The Morgan fingerprint density at radius 2 is 1.61 bits per heavy atom. The molecule has 0 radical (unpaired) electrons. The lowest BCUT2D eigenvalue weighted by molar-refractivity contribution is -0.142. The molecule has 0 saturated heterocycles. The smallest absolute Gasteiger partial charge is 0.407 e. The molecule has 174 valence electrons. The predicted octanol–water partition coefficient (Wildman–Crippen LogP) is 3.92. The van der Waals surface area contributed by atoms with Crippen LogP contribution in [0, 0.1) is 11.8 Å². The number of fused-ring (bicyclic) bond motifs is 3. The maximum atomic E-state index is 12.6. The zero-order valence-electron chi connectivity index (χ0n) is 18.8. The standard InChI is InChI=1S/C26H30N2O5/c1-16(25(30)31)28-24(29)18-9-3-2-8-17(18)14-27-26(32)33-15-23-21-12-6-4-10-19(21)20-11-5-7-13-22(20)23/h4-7,10-13,16-18,23H,2-3,8-9,14-15H2,1H3,(H,27,32)(H,28,29)(H,30,31)/t16-,17+,18+/m0/s1. The number of alkyl carbamates (subject to hydrolysis) is 1. The SMILES string of the molecule is C[C@H](NC(=O)[C@@H]1CCCC[C@@H]1CNC(=O)OCC1c2ccccc2-c2ccccc21)C(=O)O. The van der Waals surface area contributed by atoms with Crippen molar-refractivity contribution in [2.24, 2.45) is 11.8 Å². The molecule has 0 aliphatic heterocycles. The summed E-state index contributed by atoms with van der Waals surface area (Å²) in [6.07, 6.45) is 2.90. The molecule has 0 spiro atoms. The number of hydrogen-bond donors (Lipinski definition) is 3. The van der Waals surface area contributed by atoms with E-state index in [-0.39, 0.29) is 30.3 Å². The van der Waals surface area contributed by atoms with Crippen LogP contribution in [0.2, 0.25) is 0 Å². The number of ether oxygens (including phenoxy) is 1. The Morgan fingerprint density at radius 1 is 1.00 bits per heavy atom. The van der Waals surface area contributed by atoms with E-state index in [1.54, 1.807) is 0 Å². The van der Waals surface area contributed by atoms with Crippen LogP contribution >= 0.6 is 0 Å². The second kappa shape index (κ2) is 10.1. The summed E-state index contributed by atoms with van der Waals surface area (Å²) in [6, 6.07) is 15.4. The molecular weight excluding hydrogens is 420 g/mol. The van der Waals surface area contributed by atoms with Crippen LogP contribution in [0.15, 0.2) is 48.5 Å². The first-order valence-electron chi connectivity index (χ1n) is 11.6. The van der Waals surface area contributed by atoms with Crippen LogP contribution < -0.4 is 10.6 Å². The van der Waals surface area contributed by atoms with Crippen LogP contribution in [-0.2, 0) is 14.3 Å². The molecule has 0 heterocycles. The molecule has 2 aliphatic rings. The highest BCUT2D eigenvalue weighted by molar-refractivity contribution is 5.85. The Balaban J connectivity index is 1.33. The van der Waals surface area contributed by atoms with E-state index in [1.165, 1.54) is 18.1 Å². The van der Waals surface area contributed by atoms with E-state index in [4.69, 9.17) is 9.84 Å². The van der Waals surface area contributed by atoms with Gasteiger partial charge in [0.2, 0.25) is 5.91 Å². The number of nitrogens with one attached hydrogen (secondary N) is 2. The fraction of sp³-hybridized carbons (Fsp3) is 0.423. The summed E-state index contributed by atoms with van der Waals surface area (Å²) in [5, 5.41) is 14.4. The highest BCUT2D eigenvalue weighted by atomic mass is 16.5. The summed E-state index contributed by atoms with van der Waals surface area (Å²) in [7, 11) is 0. The van der Waals surface area contributed by atoms with Gasteiger partial charge in [-0.3, -0.25) is 9.59 Å². The van der Waals surface area contributed by atoms with E-state index >= 15 is 0 Å². The highest BCUT2D eigenvalue weighted by Crippen LogP contribution is 2.44. The van der Waals surface area contributed by atoms with Crippen molar-refractivity contribution in [1.82, 2.24) is 10.6 Å². The van der Waals surface area contributed by atoms with Crippen molar-refractivity contribution in [3.63, 3.8) is 0 Å². The molecule has 4 rings (SSSR count). The number of carbonyl (C=O) groups excluding carboxylic acids is 2. The molecule has 2 aromatic rings. The summed E-state index contributed by atoms with van der Waals surface area (Å²) >= 11 is 0. The molecule has 1 saturated carbocycles. The van der Waals surface area contributed by atoms with Crippen LogP contribution in [0.3, 0.4) is 0 Å². The van der Waals surface area contributed by atoms with Gasteiger partial charge in [0.1, 0.15) is 12.6 Å².